The topological polar surface area (TPSA) is 12.5 Å². The van der Waals surface area contributed by atoms with E-state index in [9.17, 15) is 0 Å². The second-order valence-electron chi connectivity index (χ2n) is 5.83. The number of ether oxygens (including phenoxy) is 1. The Balaban J connectivity index is 2.04. The molecule has 2 aromatic carbocycles. The van der Waals surface area contributed by atoms with Gasteiger partial charge in [0.05, 0.1) is 7.11 Å². The van der Waals surface area contributed by atoms with E-state index in [1.54, 1.807) is 7.11 Å². The number of nitrogens with zero attached hydrogens (tertiary/aromatic N) is 1. The van der Waals surface area contributed by atoms with E-state index in [1.807, 2.05) is 6.08 Å². The van der Waals surface area contributed by atoms with Crippen molar-refractivity contribution in [3.63, 3.8) is 0 Å². The van der Waals surface area contributed by atoms with Gasteiger partial charge in [-0.05, 0) is 35.2 Å². The summed E-state index contributed by atoms with van der Waals surface area (Å²) in [6, 6.07) is 17.3. The van der Waals surface area contributed by atoms with Gasteiger partial charge in [0, 0.05) is 25.6 Å². The van der Waals surface area contributed by atoms with Crippen LogP contribution in [0.15, 0.2) is 61.2 Å². The van der Waals surface area contributed by atoms with Gasteiger partial charge in [-0.3, -0.25) is 4.90 Å². The largest absolute Gasteiger partial charge is 0.497 e. The lowest BCUT2D eigenvalue weighted by atomic mass is 9.88. The lowest BCUT2D eigenvalue weighted by Gasteiger charge is -2.24. The van der Waals surface area contributed by atoms with Crippen molar-refractivity contribution in [2.45, 2.75) is 12.3 Å². The van der Waals surface area contributed by atoms with Crippen LogP contribution in [0.4, 0.5) is 0 Å². The molecule has 0 aromatic heterocycles. The van der Waals surface area contributed by atoms with Crippen LogP contribution in [0.1, 0.15) is 22.6 Å². The molecule has 2 heteroatoms. The quantitative estimate of drug-likeness (QED) is 0.793. The average molecular weight is 293 g/mol. The maximum absolute atomic E-state index is 5.45. The number of hydrogen-bond donors (Lipinski definition) is 0. The Morgan fingerprint density at radius 3 is 2.77 bits per heavy atom. The number of methoxy groups -OCH3 is 1. The van der Waals surface area contributed by atoms with E-state index in [-0.39, 0.29) is 0 Å². The van der Waals surface area contributed by atoms with Crippen molar-refractivity contribution in [3.05, 3.63) is 77.9 Å². The fourth-order valence-corrected chi connectivity index (χ4v) is 3.30. The molecule has 3 rings (SSSR count). The van der Waals surface area contributed by atoms with Crippen LogP contribution in [0.2, 0.25) is 0 Å². The summed E-state index contributed by atoms with van der Waals surface area (Å²) in [5.74, 6) is 1.32. The first-order valence-electron chi connectivity index (χ1n) is 7.87. The molecular formula is C20H23NO. The number of fused-ring (bicyclic) bond motifs is 1. The number of rotatable bonds is 4. The monoisotopic (exact) mass is 293 g/mol. The Labute approximate surface area is 133 Å². The third-order valence-corrected chi connectivity index (χ3v) is 4.46. The summed E-state index contributed by atoms with van der Waals surface area (Å²) in [5.41, 5.74) is 4.20. The van der Waals surface area contributed by atoms with E-state index in [4.69, 9.17) is 4.74 Å². The summed E-state index contributed by atoms with van der Waals surface area (Å²) in [4.78, 5) is 2.48. The first-order chi connectivity index (χ1) is 10.8. The second-order valence-corrected chi connectivity index (χ2v) is 5.83. The van der Waals surface area contributed by atoms with Crippen molar-refractivity contribution in [1.82, 2.24) is 4.90 Å². The highest BCUT2D eigenvalue weighted by Gasteiger charge is 2.24. The maximum atomic E-state index is 5.45. The summed E-state index contributed by atoms with van der Waals surface area (Å²) < 4.78 is 5.45. The molecule has 1 aliphatic rings. The lowest BCUT2D eigenvalue weighted by Crippen LogP contribution is -2.28. The Morgan fingerprint density at radius 1 is 1.23 bits per heavy atom. The van der Waals surface area contributed by atoms with E-state index >= 15 is 0 Å². The molecule has 1 atom stereocenters. The molecule has 0 bridgehead atoms. The standard InChI is InChI=1S/C20H23NO/c1-3-12-21-13-11-17-9-10-18(22-2)14-19(17)20(15-21)16-7-5-4-6-8-16/h3-10,14,20H,1,11-13,15H2,2H3. The van der Waals surface area contributed by atoms with Crippen molar-refractivity contribution in [3.8, 4) is 5.75 Å². The molecular weight excluding hydrogens is 270 g/mol. The normalized spacial score (nSPS) is 18.3. The predicted molar refractivity (Wildman–Crippen MR) is 91.6 cm³/mol. The highest BCUT2D eigenvalue weighted by Crippen LogP contribution is 2.33. The van der Waals surface area contributed by atoms with Crippen LogP contribution < -0.4 is 4.74 Å². The van der Waals surface area contributed by atoms with E-state index in [0.29, 0.717) is 5.92 Å². The van der Waals surface area contributed by atoms with E-state index in [2.05, 4.69) is 60.0 Å². The molecule has 0 radical (unpaired) electrons. The van der Waals surface area contributed by atoms with Gasteiger partial charge in [-0.2, -0.15) is 0 Å². The Kier molecular flexibility index (Phi) is 4.59. The molecule has 1 aliphatic heterocycles. The molecule has 2 nitrogen and oxygen atoms in total. The maximum Gasteiger partial charge on any atom is 0.119 e. The molecule has 22 heavy (non-hydrogen) atoms. The molecule has 0 amide bonds. The SMILES string of the molecule is C=CCN1CCc2ccc(OC)cc2C(c2ccccc2)C1. The molecule has 1 heterocycles. The van der Waals surface area contributed by atoms with Crippen LogP contribution in [-0.4, -0.2) is 31.6 Å². The summed E-state index contributed by atoms with van der Waals surface area (Å²) in [6.07, 6.45) is 3.08. The molecule has 2 aromatic rings. The van der Waals surface area contributed by atoms with Crippen molar-refractivity contribution in [2.75, 3.05) is 26.7 Å². The molecule has 0 saturated carbocycles. The third-order valence-electron chi connectivity index (χ3n) is 4.46. The van der Waals surface area contributed by atoms with Crippen LogP contribution in [0, 0.1) is 0 Å². The second kappa shape index (κ2) is 6.80. The van der Waals surface area contributed by atoms with Crippen molar-refractivity contribution >= 4 is 0 Å². The molecule has 0 spiro atoms. The Bertz CT molecular complexity index is 635. The number of hydrogen-bond acceptors (Lipinski definition) is 2. The zero-order chi connectivity index (χ0) is 15.4. The minimum Gasteiger partial charge on any atom is -0.497 e. The zero-order valence-electron chi connectivity index (χ0n) is 13.2. The van der Waals surface area contributed by atoms with Crippen LogP contribution in [0.5, 0.6) is 5.75 Å². The van der Waals surface area contributed by atoms with Crippen molar-refractivity contribution in [1.29, 1.82) is 0 Å². The van der Waals surface area contributed by atoms with Gasteiger partial charge in [-0.1, -0.05) is 42.5 Å². The van der Waals surface area contributed by atoms with Crippen LogP contribution in [-0.2, 0) is 6.42 Å². The van der Waals surface area contributed by atoms with Crippen LogP contribution >= 0.6 is 0 Å². The van der Waals surface area contributed by atoms with E-state index in [0.717, 1.165) is 31.8 Å². The third kappa shape index (κ3) is 3.07. The van der Waals surface area contributed by atoms with Gasteiger partial charge in [0.25, 0.3) is 0 Å². The lowest BCUT2D eigenvalue weighted by molar-refractivity contribution is 0.306. The summed E-state index contributed by atoms with van der Waals surface area (Å²) in [6.45, 7) is 6.94. The Hall–Kier alpha value is -2.06. The minimum atomic E-state index is 0.383. The molecule has 114 valence electrons. The van der Waals surface area contributed by atoms with Gasteiger partial charge in [0.1, 0.15) is 5.75 Å². The molecule has 0 fully saturated rings. The average Bonchev–Trinajstić information content (AvgIpc) is 2.75. The minimum absolute atomic E-state index is 0.383. The van der Waals surface area contributed by atoms with Gasteiger partial charge in [0.15, 0.2) is 0 Å². The zero-order valence-corrected chi connectivity index (χ0v) is 13.2. The highest BCUT2D eigenvalue weighted by molar-refractivity contribution is 5.44. The fourth-order valence-electron chi connectivity index (χ4n) is 3.30. The highest BCUT2D eigenvalue weighted by atomic mass is 16.5. The smallest absolute Gasteiger partial charge is 0.119 e. The van der Waals surface area contributed by atoms with E-state index < -0.39 is 0 Å². The van der Waals surface area contributed by atoms with Gasteiger partial charge < -0.3 is 4.74 Å². The van der Waals surface area contributed by atoms with Crippen LogP contribution in [0.25, 0.3) is 0 Å². The molecule has 0 aliphatic carbocycles. The first-order valence-corrected chi connectivity index (χ1v) is 7.87. The molecule has 0 N–H and O–H groups in total. The van der Waals surface area contributed by atoms with Gasteiger partial charge in [0.2, 0.25) is 0 Å². The summed E-state index contributed by atoms with van der Waals surface area (Å²) >= 11 is 0. The van der Waals surface area contributed by atoms with Gasteiger partial charge in [-0.25, -0.2) is 0 Å². The predicted octanol–water partition coefficient (Wildman–Crippen LogP) is 3.87. The fraction of sp³-hybridized carbons (Fsp3) is 0.300. The van der Waals surface area contributed by atoms with Gasteiger partial charge >= 0.3 is 0 Å². The van der Waals surface area contributed by atoms with Crippen LogP contribution in [0.3, 0.4) is 0 Å². The number of benzene rings is 2. The first kappa shape index (κ1) is 14.9. The Morgan fingerprint density at radius 2 is 2.05 bits per heavy atom. The molecule has 1 unspecified atom stereocenters. The summed E-state index contributed by atoms with van der Waals surface area (Å²) in [5, 5.41) is 0. The summed E-state index contributed by atoms with van der Waals surface area (Å²) in [7, 11) is 1.74. The van der Waals surface area contributed by atoms with E-state index in [1.165, 1.54) is 16.7 Å². The van der Waals surface area contributed by atoms with Crippen molar-refractivity contribution in [2.24, 2.45) is 0 Å². The molecule has 0 saturated heterocycles. The van der Waals surface area contributed by atoms with Crippen molar-refractivity contribution < 1.29 is 4.74 Å². The van der Waals surface area contributed by atoms with Gasteiger partial charge in [-0.15, -0.1) is 6.58 Å².